The molecule has 2 aromatic carbocycles. The Morgan fingerprint density at radius 3 is 2.10 bits per heavy atom. The van der Waals surface area contributed by atoms with Crippen molar-refractivity contribution >= 4 is 5.78 Å². The first-order chi connectivity index (χ1) is 10.2. The fourth-order valence-electron chi connectivity index (χ4n) is 2.56. The second-order valence-electron chi connectivity index (χ2n) is 5.38. The summed E-state index contributed by atoms with van der Waals surface area (Å²) >= 11 is 0. The van der Waals surface area contributed by atoms with Crippen LogP contribution in [0.5, 0.6) is 0 Å². The van der Waals surface area contributed by atoms with Gasteiger partial charge in [0.05, 0.1) is 0 Å². The maximum atomic E-state index is 12.8. The van der Waals surface area contributed by atoms with Gasteiger partial charge >= 0.3 is 0 Å². The van der Waals surface area contributed by atoms with Crippen molar-refractivity contribution in [3.63, 3.8) is 0 Å². The predicted molar refractivity (Wildman–Crippen MR) is 85.3 cm³/mol. The lowest BCUT2D eigenvalue weighted by Crippen LogP contribution is -2.35. The van der Waals surface area contributed by atoms with Crippen molar-refractivity contribution in [2.45, 2.75) is 38.2 Å². The largest absolute Gasteiger partial charge is 0.377 e. The van der Waals surface area contributed by atoms with Gasteiger partial charge in [-0.1, -0.05) is 80.4 Å². The van der Waals surface area contributed by atoms with E-state index in [-0.39, 0.29) is 5.78 Å². The molecule has 2 rings (SSSR count). The number of aliphatic hydroxyl groups is 1. The van der Waals surface area contributed by atoms with Gasteiger partial charge in [-0.2, -0.15) is 0 Å². The van der Waals surface area contributed by atoms with Crippen molar-refractivity contribution in [2.24, 2.45) is 0 Å². The van der Waals surface area contributed by atoms with Gasteiger partial charge in [0.2, 0.25) is 0 Å². The average Bonchev–Trinajstić information content (AvgIpc) is 2.56. The summed E-state index contributed by atoms with van der Waals surface area (Å²) in [5.41, 5.74) is -0.201. The molecule has 0 bridgehead atoms. The highest BCUT2D eigenvalue weighted by molar-refractivity contribution is 6.02. The Morgan fingerprint density at radius 2 is 1.52 bits per heavy atom. The first-order valence-electron chi connectivity index (χ1n) is 7.56. The molecular weight excluding hydrogens is 260 g/mol. The number of ketones is 1. The Balaban J connectivity index is 2.34. The first kappa shape index (κ1) is 15.5. The number of rotatable bonds is 7. The van der Waals surface area contributed by atoms with Crippen LogP contribution in [0.3, 0.4) is 0 Å². The normalized spacial score (nSPS) is 13.6. The molecule has 1 unspecified atom stereocenters. The molecule has 2 aromatic rings. The van der Waals surface area contributed by atoms with E-state index in [1.807, 2.05) is 48.5 Å². The SMILES string of the molecule is CCCCCC(O)(C(=O)c1ccccc1)c1ccccc1. The number of benzene rings is 2. The Hall–Kier alpha value is -1.93. The van der Waals surface area contributed by atoms with Gasteiger partial charge in [0.25, 0.3) is 0 Å². The Kier molecular flexibility index (Phi) is 5.29. The third-order valence-electron chi connectivity index (χ3n) is 3.81. The second-order valence-corrected chi connectivity index (χ2v) is 5.38. The molecule has 2 nitrogen and oxygen atoms in total. The van der Waals surface area contributed by atoms with Crippen LogP contribution in [-0.2, 0) is 5.60 Å². The van der Waals surface area contributed by atoms with Gasteiger partial charge in [-0.3, -0.25) is 4.79 Å². The van der Waals surface area contributed by atoms with Crippen molar-refractivity contribution in [1.82, 2.24) is 0 Å². The highest BCUT2D eigenvalue weighted by atomic mass is 16.3. The highest BCUT2D eigenvalue weighted by Gasteiger charge is 2.37. The molecule has 0 saturated carbocycles. The van der Waals surface area contributed by atoms with Crippen LogP contribution in [-0.4, -0.2) is 10.9 Å². The summed E-state index contributed by atoms with van der Waals surface area (Å²) in [6.45, 7) is 2.11. The zero-order valence-electron chi connectivity index (χ0n) is 12.5. The third kappa shape index (κ3) is 3.59. The van der Waals surface area contributed by atoms with E-state index in [1.54, 1.807) is 12.1 Å². The van der Waals surface area contributed by atoms with Crippen LogP contribution in [0, 0.1) is 0 Å². The van der Waals surface area contributed by atoms with Gasteiger partial charge in [0.1, 0.15) is 0 Å². The number of hydrogen-bond acceptors (Lipinski definition) is 2. The van der Waals surface area contributed by atoms with Crippen LogP contribution in [0.25, 0.3) is 0 Å². The maximum Gasteiger partial charge on any atom is 0.198 e. The minimum Gasteiger partial charge on any atom is -0.377 e. The van der Waals surface area contributed by atoms with Gasteiger partial charge in [0.15, 0.2) is 11.4 Å². The Labute approximate surface area is 126 Å². The predicted octanol–water partition coefficient (Wildman–Crippen LogP) is 4.34. The molecule has 1 N–H and O–H groups in total. The van der Waals surface area contributed by atoms with E-state index in [1.165, 1.54) is 0 Å². The Morgan fingerprint density at radius 1 is 0.952 bits per heavy atom. The molecule has 0 fully saturated rings. The van der Waals surface area contributed by atoms with E-state index in [0.717, 1.165) is 19.3 Å². The lowest BCUT2D eigenvalue weighted by molar-refractivity contribution is 0.0237. The number of unbranched alkanes of at least 4 members (excludes halogenated alkanes) is 2. The molecule has 2 heteroatoms. The molecule has 0 amide bonds. The molecule has 0 aliphatic carbocycles. The Bertz CT molecular complexity index is 563. The van der Waals surface area contributed by atoms with Crippen LogP contribution in [0.15, 0.2) is 60.7 Å². The molecule has 0 aliphatic heterocycles. The van der Waals surface area contributed by atoms with Crippen molar-refractivity contribution < 1.29 is 9.90 Å². The second kappa shape index (κ2) is 7.19. The van der Waals surface area contributed by atoms with Crippen LogP contribution in [0.2, 0.25) is 0 Å². The van der Waals surface area contributed by atoms with E-state index >= 15 is 0 Å². The smallest absolute Gasteiger partial charge is 0.198 e. The van der Waals surface area contributed by atoms with Gasteiger partial charge in [-0.05, 0) is 18.4 Å². The summed E-state index contributed by atoms with van der Waals surface area (Å²) in [5, 5.41) is 11.1. The number of carbonyl (C=O) groups is 1. The molecule has 1 atom stereocenters. The number of Topliss-reactive ketones (excluding diaryl/α,β-unsaturated/α-hetero) is 1. The van der Waals surface area contributed by atoms with Gasteiger partial charge in [-0.25, -0.2) is 0 Å². The molecule has 0 aromatic heterocycles. The molecule has 0 aliphatic rings. The highest BCUT2D eigenvalue weighted by Crippen LogP contribution is 2.31. The standard InChI is InChI=1S/C19H22O2/c1-2-3-10-15-19(21,17-13-8-5-9-14-17)18(20)16-11-6-4-7-12-16/h4-9,11-14,21H,2-3,10,15H2,1H3. The van der Waals surface area contributed by atoms with E-state index < -0.39 is 5.60 Å². The van der Waals surface area contributed by atoms with Crippen LogP contribution >= 0.6 is 0 Å². The van der Waals surface area contributed by atoms with Crippen LogP contribution in [0.4, 0.5) is 0 Å². The number of hydrogen-bond donors (Lipinski definition) is 1. The van der Waals surface area contributed by atoms with Crippen LogP contribution < -0.4 is 0 Å². The fourth-order valence-corrected chi connectivity index (χ4v) is 2.56. The third-order valence-corrected chi connectivity index (χ3v) is 3.81. The van der Waals surface area contributed by atoms with Crippen molar-refractivity contribution in [3.8, 4) is 0 Å². The molecule has 0 saturated heterocycles. The lowest BCUT2D eigenvalue weighted by Gasteiger charge is -2.27. The summed E-state index contributed by atoms with van der Waals surface area (Å²) in [4.78, 5) is 12.8. The molecule has 21 heavy (non-hydrogen) atoms. The van der Waals surface area contributed by atoms with Crippen LogP contribution in [0.1, 0.15) is 48.5 Å². The van der Waals surface area contributed by atoms with Crippen molar-refractivity contribution in [2.75, 3.05) is 0 Å². The number of carbonyl (C=O) groups excluding carboxylic acids is 1. The summed E-state index contributed by atoms with van der Waals surface area (Å²) in [6, 6.07) is 18.3. The molecule has 0 radical (unpaired) electrons. The van der Waals surface area contributed by atoms with E-state index in [9.17, 15) is 9.90 Å². The summed E-state index contributed by atoms with van der Waals surface area (Å²) < 4.78 is 0. The summed E-state index contributed by atoms with van der Waals surface area (Å²) in [5.74, 6) is -0.217. The average molecular weight is 282 g/mol. The molecule has 110 valence electrons. The first-order valence-corrected chi connectivity index (χ1v) is 7.56. The molecule has 0 heterocycles. The topological polar surface area (TPSA) is 37.3 Å². The maximum absolute atomic E-state index is 12.8. The van der Waals surface area contributed by atoms with Gasteiger partial charge in [0, 0.05) is 5.56 Å². The zero-order chi connectivity index (χ0) is 15.1. The minimum atomic E-state index is -1.43. The van der Waals surface area contributed by atoms with E-state index in [2.05, 4.69) is 6.92 Å². The van der Waals surface area contributed by atoms with Gasteiger partial charge < -0.3 is 5.11 Å². The zero-order valence-corrected chi connectivity index (χ0v) is 12.5. The van der Waals surface area contributed by atoms with Crippen molar-refractivity contribution in [1.29, 1.82) is 0 Å². The van der Waals surface area contributed by atoms with Gasteiger partial charge in [-0.15, -0.1) is 0 Å². The molecular formula is C19H22O2. The van der Waals surface area contributed by atoms with Crippen molar-refractivity contribution in [3.05, 3.63) is 71.8 Å². The quantitative estimate of drug-likeness (QED) is 0.606. The van der Waals surface area contributed by atoms with E-state index in [4.69, 9.17) is 0 Å². The molecule has 0 spiro atoms. The monoisotopic (exact) mass is 282 g/mol. The van der Waals surface area contributed by atoms with E-state index in [0.29, 0.717) is 17.5 Å². The minimum absolute atomic E-state index is 0.217. The lowest BCUT2D eigenvalue weighted by atomic mass is 9.82. The fraction of sp³-hybridized carbons (Fsp3) is 0.316. The summed E-state index contributed by atoms with van der Waals surface area (Å²) in [6.07, 6.45) is 3.36. The summed E-state index contributed by atoms with van der Waals surface area (Å²) in [7, 11) is 0.